The molecule has 4 nitrogen and oxygen atoms in total. The Balaban J connectivity index is 1.05. The Labute approximate surface area is 426 Å². The van der Waals surface area contributed by atoms with Gasteiger partial charge in [0.2, 0.25) is 0 Å². The van der Waals surface area contributed by atoms with E-state index in [1.54, 1.807) is 60.7 Å². The number of furan rings is 1. The molecule has 4 aromatic carbocycles. The highest BCUT2D eigenvalue weighted by atomic mass is 16.5. The van der Waals surface area contributed by atoms with E-state index < -0.39 is 44.4 Å². The molecule has 0 spiro atoms. The van der Waals surface area contributed by atoms with E-state index in [9.17, 15) is 1.37 Å². The van der Waals surface area contributed by atoms with Gasteiger partial charge in [-0.05, 0) is 231 Å². The van der Waals surface area contributed by atoms with Crippen molar-refractivity contribution in [1.82, 2.24) is 9.97 Å². The Morgan fingerprint density at radius 3 is 2.21 bits per heavy atom. The maximum absolute atomic E-state index is 9.95. The summed E-state index contributed by atoms with van der Waals surface area (Å²) in [4.78, 5) is 9.51. The first-order valence-electron chi connectivity index (χ1n) is 31.4. The number of benzene rings is 4. The average molecular weight is 918 g/mol. The van der Waals surface area contributed by atoms with Crippen LogP contribution >= 0.6 is 0 Å². The van der Waals surface area contributed by atoms with E-state index in [2.05, 4.69) is 66.4 Å². The van der Waals surface area contributed by atoms with Crippen LogP contribution in [0.1, 0.15) is 163 Å². The van der Waals surface area contributed by atoms with E-state index in [1.807, 2.05) is 6.20 Å². The minimum absolute atomic E-state index is 0.0770. The molecule has 0 aliphatic heterocycles. The van der Waals surface area contributed by atoms with Crippen molar-refractivity contribution in [2.45, 2.75) is 147 Å². The maximum atomic E-state index is 9.95. The van der Waals surface area contributed by atoms with E-state index in [1.165, 1.54) is 23.8 Å². The molecule has 7 aromatic rings. The van der Waals surface area contributed by atoms with Crippen molar-refractivity contribution in [3.8, 4) is 45.1 Å². The number of pyridine rings is 2. The third-order valence-electron chi connectivity index (χ3n) is 16.5. The van der Waals surface area contributed by atoms with Gasteiger partial charge in [-0.2, -0.15) is 0 Å². The van der Waals surface area contributed by atoms with Gasteiger partial charge in [-0.25, -0.2) is 0 Å². The summed E-state index contributed by atoms with van der Waals surface area (Å²) in [6, 6.07) is 23.6. The van der Waals surface area contributed by atoms with E-state index in [0.29, 0.717) is 62.4 Å². The molecule has 3 fully saturated rings. The molecule has 0 amide bonds. The zero-order chi connectivity index (χ0) is 58.8. The third-order valence-corrected chi connectivity index (χ3v) is 16.5. The van der Waals surface area contributed by atoms with Crippen molar-refractivity contribution in [3.05, 3.63) is 131 Å². The molecule has 68 heavy (non-hydrogen) atoms. The molecule has 3 aliphatic rings. The number of hydrogen-bond acceptors (Lipinski definition) is 4. The van der Waals surface area contributed by atoms with Crippen LogP contribution in [0.4, 0.5) is 0 Å². The minimum atomic E-state index is -2.82. The highest BCUT2D eigenvalue weighted by Gasteiger charge is 2.48. The first-order valence-corrected chi connectivity index (χ1v) is 24.9. The second kappa shape index (κ2) is 17.6. The molecular weight excluding hydrogens is 829 g/mol. The lowest BCUT2D eigenvalue weighted by Gasteiger charge is -2.53. The predicted octanol–water partition coefficient (Wildman–Crippen LogP) is 18.5. The van der Waals surface area contributed by atoms with Crippen molar-refractivity contribution in [3.63, 3.8) is 0 Å². The Morgan fingerprint density at radius 1 is 0.691 bits per heavy atom. The van der Waals surface area contributed by atoms with Gasteiger partial charge >= 0.3 is 0 Å². The molecule has 3 saturated carbocycles. The summed E-state index contributed by atoms with van der Waals surface area (Å²) in [5.41, 5.74) is 5.01. The molecule has 0 saturated heterocycles. The molecule has 6 atom stereocenters. The van der Waals surface area contributed by atoms with Gasteiger partial charge in [0.25, 0.3) is 0 Å². The van der Waals surface area contributed by atoms with Crippen LogP contribution in [0.5, 0.6) is 11.5 Å². The SMILES string of the molecule is [2H]C([2H])([2H])c1ccc2c(c1)oc1c(-c3cc(C4CCC(C)(C5CCC(C6([2H])CC(C)(C)CC(C)(C)C6)CC5C)CC4C)c(C)cn3)cc(Oc3cc(-c4cc(C([2H])([2H])[2H])c(C([2H])([2H])[2H])cn4)cc(-c4ccccc4)c3C([2H])([2H])[2H])cc12. The van der Waals surface area contributed by atoms with Crippen LogP contribution in [0.15, 0.2) is 102 Å². The number of ether oxygens (including phenoxy) is 1. The summed E-state index contributed by atoms with van der Waals surface area (Å²) in [7, 11) is 0. The van der Waals surface area contributed by atoms with Gasteiger partial charge in [-0.15, -0.1) is 0 Å². The summed E-state index contributed by atoms with van der Waals surface area (Å²) in [5, 5.41) is 1.19. The number of fused-ring (bicyclic) bond motifs is 3. The second-order valence-corrected chi connectivity index (χ2v) is 23.2. The molecule has 3 aromatic heterocycles. The van der Waals surface area contributed by atoms with Crippen LogP contribution in [-0.2, 0) is 0 Å². The van der Waals surface area contributed by atoms with Crippen LogP contribution in [0.3, 0.4) is 0 Å². The zero-order valence-corrected chi connectivity index (χ0v) is 41.2. The second-order valence-electron chi connectivity index (χ2n) is 23.2. The predicted molar refractivity (Wildman–Crippen MR) is 285 cm³/mol. The molecule has 10 rings (SSSR count). The number of rotatable bonds is 8. The fourth-order valence-corrected chi connectivity index (χ4v) is 14.0. The highest BCUT2D eigenvalue weighted by molar-refractivity contribution is 6.10. The fraction of sp³-hybridized carbons (Fsp3) is 0.469. The van der Waals surface area contributed by atoms with Gasteiger partial charge < -0.3 is 9.15 Å². The molecule has 0 N–H and O–H groups in total. The number of aryl methyl sites for hydroxylation is 4. The number of hydrogen-bond donors (Lipinski definition) is 0. The molecule has 354 valence electrons. The van der Waals surface area contributed by atoms with Crippen molar-refractivity contribution in [2.24, 2.45) is 45.8 Å². The van der Waals surface area contributed by atoms with Crippen molar-refractivity contribution in [2.75, 3.05) is 0 Å². The Bertz CT molecular complexity index is 3500. The number of nitrogens with zero attached hydrogens (tertiary/aromatic N) is 2. The highest BCUT2D eigenvalue weighted by Crippen LogP contribution is 2.59. The van der Waals surface area contributed by atoms with Crippen molar-refractivity contribution >= 4 is 21.9 Å². The van der Waals surface area contributed by atoms with Crippen molar-refractivity contribution < 1.29 is 27.0 Å². The monoisotopic (exact) mass is 918 g/mol. The van der Waals surface area contributed by atoms with Gasteiger partial charge in [0, 0.05) is 52.1 Å². The lowest BCUT2D eigenvalue weighted by molar-refractivity contribution is -0.0239. The summed E-state index contributed by atoms with van der Waals surface area (Å²) < 4.78 is 124. The number of aromatic nitrogens is 2. The normalized spacial score (nSPS) is 29.2. The maximum Gasteiger partial charge on any atom is 0.145 e. The average Bonchev–Trinajstić information content (AvgIpc) is 3.92. The largest absolute Gasteiger partial charge is 0.457 e. The van der Waals surface area contributed by atoms with Crippen LogP contribution in [0.2, 0.25) is 0 Å². The molecular formula is C64H76N2O2. The first-order chi connectivity index (χ1) is 37.5. The summed E-state index contributed by atoms with van der Waals surface area (Å²) in [5.74, 6) is 1.85. The smallest absolute Gasteiger partial charge is 0.145 e. The van der Waals surface area contributed by atoms with Crippen LogP contribution < -0.4 is 4.74 Å². The van der Waals surface area contributed by atoms with E-state index in [4.69, 9.17) is 30.6 Å². The van der Waals surface area contributed by atoms with Gasteiger partial charge in [0.1, 0.15) is 22.7 Å². The third kappa shape index (κ3) is 8.95. The van der Waals surface area contributed by atoms with E-state index in [-0.39, 0.29) is 61.6 Å². The van der Waals surface area contributed by atoms with Gasteiger partial charge in [-0.3, -0.25) is 9.97 Å². The quantitative estimate of drug-likeness (QED) is 0.152. The summed E-state index contributed by atoms with van der Waals surface area (Å²) in [6.07, 6.45) is 12.6. The molecule has 6 unspecified atom stereocenters. The first kappa shape index (κ1) is 33.3. The van der Waals surface area contributed by atoms with Gasteiger partial charge in [-0.1, -0.05) is 90.9 Å². The molecule has 0 radical (unpaired) electrons. The molecule has 3 aliphatic carbocycles. The van der Waals surface area contributed by atoms with E-state index >= 15 is 0 Å². The molecule has 0 bridgehead atoms. The Morgan fingerprint density at radius 2 is 1.47 bits per heavy atom. The van der Waals surface area contributed by atoms with Crippen LogP contribution in [0.25, 0.3) is 55.6 Å². The summed E-state index contributed by atoms with van der Waals surface area (Å²) >= 11 is 0. The van der Waals surface area contributed by atoms with E-state index in [0.717, 1.165) is 69.5 Å². The van der Waals surface area contributed by atoms with Gasteiger partial charge in [0.05, 0.1) is 11.4 Å². The Hall–Kier alpha value is -5.22. The Kier molecular flexibility index (Phi) is 8.64. The lowest BCUT2D eigenvalue weighted by Crippen LogP contribution is -2.43. The van der Waals surface area contributed by atoms with Crippen LogP contribution in [-0.4, -0.2) is 9.97 Å². The lowest BCUT2D eigenvalue weighted by atomic mass is 9.52. The van der Waals surface area contributed by atoms with Crippen molar-refractivity contribution in [1.29, 1.82) is 0 Å². The van der Waals surface area contributed by atoms with Gasteiger partial charge in [0.15, 0.2) is 0 Å². The minimum Gasteiger partial charge on any atom is -0.457 e. The van der Waals surface area contributed by atoms with Crippen LogP contribution in [0, 0.1) is 80.1 Å². The molecule has 3 heterocycles. The zero-order valence-electron chi connectivity index (χ0n) is 54.2. The fourth-order valence-electron chi connectivity index (χ4n) is 14.0. The molecule has 4 heteroatoms. The summed E-state index contributed by atoms with van der Waals surface area (Å²) in [6.45, 7) is 8.18. The topological polar surface area (TPSA) is 48.2 Å². The standard InChI is InChI=1S/C64H76N2O2/c1-38-18-20-51-54-29-49(67-59-28-47(57-26-39(2)42(5)35-65-57)27-53(44(59)7)45-16-14-13-15-17-45)30-55(61(54)68-60(51)24-38)58-31-52(43(6)36-66-58)50-22-23-64(12,32-41(50)4)56-21-19-46(25-40(56)3)48-33-62(8,9)37-63(10,11)34-48/h13-18,20,24,26-31,35-36,40-41,46,48,50,56H,19,21-23,25,32-34,37H2,1-12H3/i1D3,2D3,5D3,7D3,48D.